The summed E-state index contributed by atoms with van der Waals surface area (Å²) in [6.07, 6.45) is 11.8. The van der Waals surface area contributed by atoms with E-state index in [2.05, 4.69) is 22.1 Å². The summed E-state index contributed by atoms with van der Waals surface area (Å²) in [5.41, 5.74) is 3.96. The minimum absolute atomic E-state index is 0.876. The van der Waals surface area contributed by atoms with Crippen LogP contribution in [0.4, 0.5) is 0 Å². The van der Waals surface area contributed by atoms with E-state index in [-0.39, 0.29) is 0 Å². The van der Waals surface area contributed by atoms with Gasteiger partial charge >= 0.3 is 0 Å². The van der Waals surface area contributed by atoms with Gasteiger partial charge in [-0.2, -0.15) is 0 Å². The van der Waals surface area contributed by atoms with Crippen molar-refractivity contribution in [1.82, 2.24) is 19.8 Å². The number of aromatic nitrogens is 2. The second-order valence-electron chi connectivity index (χ2n) is 5.51. The number of rotatable bonds is 5. The molecular formula is C18H22N4. The van der Waals surface area contributed by atoms with E-state index in [1.807, 2.05) is 87.0 Å². The van der Waals surface area contributed by atoms with E-state index in [1.54, 1.807) is 0 Å². The number of hydrogen-bond donors (Lipinski definition) is 0. The van der Waals surface area contributed by atoms with Crippen molar-refractivity contribution in [2.24, 2.45) is 0 Å². The van der Waals surface area contributed by atoms with Gasteiger partial charge in [-0.3, -0.25) is 9.97 Å². The van der Waals surface area contributed by atoms with E-state index >= 15 is 0 Å². The molecule has 2 aromatic rings. The topological polar surface area (TPSA) is 32.3 Å². The molecule has 22 heavy (non-hydrogen) atoms. The molecule has 4 heteroatoms. The fourth-order valence-electron chi connectivity index (χ4n) is 1.85. The lowest BCUT2D eigenvalue weighted by Gasteiger charge is -2.06. The Bertz CT molecular complexity index is 613. The van der Waals surface area contributed by atoms with Gasteiger partial charge in [-0.15, -0.1) is 0 Å². The highest BCUT2D eigenvalue weighted by atomic mass is 15.0. The summed E-state index contributed by atoms with van der Waals surface area (Å²) >= 11 is 0. The van der Waals surface area contributed by atoms with E-state index in [0.29, 0.717) is 0 Å². The van der Waals surface area contributed by atoms with Gasteiger partial charge < -0.3 is 9.80 Å². The van der Waals surface area contributed by atoms with Gasteiger partial charge in [-0.25, -0.2) is 0 Å². The zero-order valence-electron chi connectivity index (χ0n) is 13.6. The van der Waals surface area contributed by atoms with E-state index in [0.717, 1.165) is 22.5 Å². The third kappa shape index (κ3) is 4.74. The Kier molecular flexibility index (Phi) is 5.31. The minimum Gasteiger partial charge on any atom is -0.383 e. The van der Waals surface area contributed by atoms with Gasteiger partial charge in [0.25, 0.3) is 0 Å². The number of pyridine rings is 2. The molecule has 2 aromatic heterocycles. The Morgan fingerprint density at radius 3 is 1.50 bits per heavy atom. The van der Waals surface area contributed by atoms with Gasteiger partial charge in [-0.1, -0.05) is 0 Å². The third-order valence-corrected chi connectivity index (χ3v) is 2.96. The molecule has 0 radical (unpaired) electrons. The molecule has 0 saturated carbocycles. The lowest BCUT2D eigenvalue weighted by Crippen LogP contribution is -2.00. The lowest BCUT2D eigenvalue weighted by molar-refractivity contribution is 0.567. The maximum Gasteiger partial charge on any atom is 0.0892 e. The molecule has 0 bridgehead atoms. The molecule has 0 N–H and O–H groups in total. The predicted octanol–water partition coefficient (Wildman–Crippen LogP) is 3.21. The van der Waals surface area contributed by atoms with Crippen molar-refractivity contribution in [3.8, 4) is 11.4 Å². The Labute approximate surface area is 132 Å². The summed E-state index contributed by atoms with van der Waals surface area (Å²) in [6, 6.07) is 8.06. The highest BCUT2D eigenvalue weighted by molar-refractivity contribution is 5.63. The summed E-state index contributed by atoms with van der Waals surface area (Å²) in [5, 5.41) is 0. The van der Waals surface area contributed by atoms with Crippen LogP contribution in [0.25, 0.3) is 23.5 Å². The summed E-state index contributed by atoms with van der Waals surface area (Å²) in [6.45, 7) is 0. The molecule has 0 unspecified atom stereocenters. The van der Waals surface area contributed by atoms with E-state index in [1.165, 1.54) is 0 Å². The average Bonchev–Trinajstić information content (AvgIpc) is 2.51. The van der Waals surface area contributed by atoms with Crippen LogP contribution in [0.3, 0.4) is 0 Å². The Hall–Kier alpha value is -2.62. The SMILES string of the molecule is CN(C)C=Cc1ccnc(-c2cc(C=CN(C)C)ccn2)c1. The number of nitrogens with zero attached hydrogens (tertiary/aromatic N) is 4. The van der Waals surface area contributed by atoms with E-state index in [4.69, 9.17) is 0 Å². The maximum absolute atomic E-state index is 4.43. The maximum atomic E-state index is 4.43. The van der Waals surface area contributed by atoms with Crippen LogP contribution in [0.15, 0.2) is 49.1 Å². The van der Waals surface area contributed by atoms with Crippen LogP contribution in [0.1, 0.15) is 11.1 Å². The Morgan fingerprint density at radius 1 is 0.727 bits per heavy atom. The van der Waals surface area contributed by atoms with Crippen molar-refractivity contribution >= 4 is 12.2 Å². The highest BCUT2D eigenvalue weighted by Gasteiger charge is 2.02. The summed E-state index contributed by atoms with van der Waals surface area (Å²) < 4.78 is 0. The molecule has 2 heterocycles. The van der Waals surface area contributed by atoms with Gasteiger partial charge in [0.15, 0.2) is 0 Å². The van der Waals surface area contributed by atoms with Crippen molar-refractivity contribution in [3.63, 3.8) is 0 Å². The second kappa shape index (κ2) is 7.41. The average molecular weight is 294 g/mol. The second-order valence-corrected chi connectivity index (χ2v) is 5.51. The van der Waals surface area contributed by atoms with E-state index in [9.17, 15) is 0 Å². The summed E-state index contributed by atoms with van der Waals surface area (Å²) in [5.74, 6) is 0. The largest absolute Gasteiger partial charge is 0.383 e. The molecule has 0 atom stereocenters. The van der Waals surface area contributed by atoms with Gasteiger partial charge in [0, 0.05) is 40.6 Å². The van der Waals surface area contributed by atoms with Crippen LogP contribution < -0.4 is 0 Å². The first-order valence-electron chi connectivity index (χ1n) is 7.16. The molecule has 0 amide bonds. The van der Waals surface area contributed by atoms with Crippen LogP contribution in [0, 0.1) is 0 Å². The van der Waals surface area contributed by atoms with Crippen molar-refractivity contribution in [2.75, 3.05) is 28.2 Å². The van der Waals surface area contributed by atoms with Crippen LogP contribution in [-0.4, -0.2) is 48.0 Å². The molecule has 0 aliphatic heterocycles. The molecule has 4 nitrogen and oxygen atoms in total. The zero-order valence-corrected chi connectivity index (χ0v) is 13.6. The van der Waals surface area contributed by atoms with Gasteiger partial charge in [-0.05, 0) is 59.9 Å². The normalized spacial score (nSPS) is 11.3. The van der Waals surface area contributed by atoms with Gasteiger partial charge in [0.2, 0.25) is 0 Å². The number of hydrogen-bond acceptors (Lipinski definition) is 4. The first-order valence-corrected chi connectivity index (χ1v) is 7.16. The Balaban J connectivity index is 2.28. The first-order chi connectivity index (χ1) is 10.5. The fraction of sp³-hybridized carbons (Fsp3) is 0.222. The van der Waals surface area contributed by atoms with Gasteiger partial charge in [0.1, 0.15) is 0 Å². The third-order valence-electron chi connectivity index (χ3n) is 2.96. The van der Waals surface area contributed by atoms with Crippen molar-refractivity contribution in [1.29, 1.82) is 0 Å². The fourth-order valence-corrected chi connectivity index (χ4v) is 1.85. The van der Waals surface area contributed by atoms with Crippen LogP contribution in [-0.2, 0) is 0 Å². The smallest absolute Gasteiger partial charge is 0.0892 e. The molecule has 0 aliphatic rings. The van der Waals surface area contributed by atoms with Crippen molar-refractivity contribution in [2.45, 2.75) is 0 Å². The molecule has 2 rings (SSSR count). The monoisotopic (exact) mass is 294 g/mol. The first kappa shape index (κ1) is 15.8. The molecule has 114 valence electrons. The van der Waals surface area contributed by atoms with E-state index < -0.39 is 0 Å². The quantitative estimate of drug-likeness (QED) is 0.847. The summed E-state index contributed by atoms with van der Waals surface area (Å²) in [7, 11) is 8.00. The molecule has 0 aromatic carbocycles. The van der Waals surface area contributed by atoms with Crippen LogP contribution in [0.5, 0.6) is 0 Å². The van der Waals surface area contributed by atoms with Crippen LogP contribution >= 0.6 is 0 Å². The van der Waals surface area contributed by atoms with Gasteiger partial charge in [0.05, 0.1) is 11.4 Å². The van der Waals surface area contributed by atoms with Crippen molar-refractivity contribution < 1.29 is 0 Å². The Morgan fingerprint density at radius 2 is 1.14 bits per heavy atom. The molecular weight excluding hydrogens is 272 g/mol. The lowest BCUT2D eigenvalue weighted by atomic mass is 10.1. The molecule has 0 saturated heterocycles. The van der Waals surface area contributed by atoms with Crippen LogP contribution in [0.2, 0.25) is 0 Å². The summed E-state index contributed by atoms with van der Waals surface area (Å²) in [4.78, 5) is 12.9. The standard InChI is InChI=1S/C18H22N4/c1-21(2)11-7-15-5-9-19-17(13-15)18-14-16(6-10-20-18)8-12-22(3)4/h5-14H,1-4H3. The highest BCUT2D eigenvalue weighted by Crippen LogP contribution is 2.18. The zero-order chi connectivity index (χ0) is 15.9. The van der Waals surface area contributed by atoms with Crippen molar-refractivity contribution in [3.05, 3.63) is 60.2 Å². The molecule has 0 fully saturated rings. The molecule has 0 spiro atoms. The predicted molar refractivity (Wildman–Crippen MR) is 92.9 cm³/mol. The molecule has 0 aliphatic carbocycles. The minimum atomic E-state index is 0.876.